The highest BCUT2D eigenvalue weighted by atomic mass is 79.9. The molecule has 1 saturated carbocycles. The van der Waals surface area contributed by atoms with Crippen LogP contribution in [0.2, 0.25) is 0 Å². The maximum absolute atomic E-state index is 11.8. The lowest BCUT2D eigenvalue weighted by Gasteiger charge is -2.22. The number of rotatable bonds is 3. The summed E-state index contributed by atoms with van der Waals surface area (Å²) in [6.07, 6.45) is 6.65. The number of carbonyl (C=O) groups excluding carboxylic acids is 2. The number of hydrogen-bond acceptors (Lipinski definition) is 5. The third kappa shape index (κ3) is 4.05. The van der Waals surface area contributed by atoms with E-state index in [1.54, 1.807) is 12.1 Å². The van der Waals surface area contributed by atoms with Crippen molar-refractivity contribution in [2.24, 2.45) is 5.10 Å². The fraction of sp³-hybridized carbons (Fsp3) is 0.438. The number of hydrogen-bond donors (Lipinski definition) is 2. The van der Waals surface area contributed by atoms with E-state index in [9.17, 15) is 9.59 Å². The number of fused-ring (bicyclic) bond motifs is 1. The Morgan fingerprint density at radius 2 is 1.83 bits per heavy atom. The highest BCUT2D eigenvalue weighted by molar-refractivity contribution is 9.10. The molecule has 0 spiro atoms. The number of carbonyl (C=O) groups is 2. The van der Waals surface area contributed by atoms with E-state index in [-0.39, 0.29) is 12.8 Å². The molecule has 1 fully saturated rings. The van der Waals surface area contributed by atoms with E-state index in [1.165, 1.54) is 12.6 Å². The van der Waals surface area contributed by atoms with Gasteiger partial charge in [-0.25, -0.2) is 5.43 Å². The van der Waals surface area contributed by atoms with Crippen LogP contribution in [0.25, 0.3) is 0 Å². The molecule has 0 radical (unpaired) electrons. The largest absolute Gasteiger partial charge is 0.454 e. The highest BCUT2D eigenvalue weighted by Gasteiger charge is 2.20. The molecule has 1 aliphatic heterocycles. The Morgan fingerprint density at radius 1 is 1.12 bits per heavy atom. The van der Waals surface area contributed by atoms with Crippen molar-refractivity contribution in [2.75, 3.05) is 6.79 Å². The molecule has 7 nitrogen and oxygen atoms in total. The van der Waals surface area contributed by atoms with Gasteiger partial charge in [0, 0.05) is 16.1 Å². The van der Waals surface area contributed by atoms with Gasteiger partial charge in [-0.1, -0.05) is 19.3 Å². The van der Waals surface area contributed by atoms with Crippen LogP contribution in [-0.4, -0.2) is 30.9 Å². The molecule has 1 aliphatic carbocycles. The lowest BCUT2D eigenvalue weighted by molar-refractivity contribution is -0.139. The number of ether oxygens (including phenoxy) is 2. The maximum Gasteiger partial charge on any atom is 0.329 e. The van der Waals surface area contributed by atoms with Gasteiger partial charge in [0.25, 0.3) is 0 Å². The van der Waals surface area contributed by atoms with Crippen molar-refractivity contribution in [2.45, 2.75) is 38.1 Å². The van der Waals surface area contributed by atoms with E-state index in [4.69, 9.17) is 9.47 Å². The van der Waals surface area contributed by atoms with Crippen LogP contribution in [0.4, 0.5) is 0 Å². The smallest absolute Gasteiger partial charge is 0.329 e. The Balaban J connectivity index is 1.54. The van der Waals surface area contributed by atoms with E-state index in [0.29, 0.717) is 17.1 Å². The molecule has 24 heavy (non-hydrogen) atoms. The number of amides is 2. The minimum atomic E-state index is -0.770. The van der Waals surface area contributed by atoms with Gasteiger partial charge in [0.05, 0.1) is 6.21 Å². The second kappa shape index (κ2) is 7.65. The number of hydrazone groups is 1. The van der Waals surface area contributed by atoms with Gasteiger partial charge in [-0.2, -0.15) is 5.10 Å². The summed E-state index contributed by atoms with van der Waals surface area (Å²) >= 11 is 3.39. The van der Waals surface area contributed by atoms with Crippen molar-refractivity contribution in [3.05, 3.63) is 22.2 Å². The summed E-state index contributed by atoms with van der Waals surface area (Å²) < 4.78 is 11.3. The zero-order valence-electron chi connectivity index (χ0n) is 13.0. The van der Waals surface area contributed by atoms with Crippen molar-refractivity contribution in [1.29, 1.82) is 0 Å². The molecule has 8 heteroatoms. The van der Waals surface area contributed by atoms with E-state index >= 15 is 0 Å². The Kier molecular flexibility index (Phi) is 5.34. The van der Waals surface area contributed by atoms with Crippen LogP contribution in [0.5, 0.6) is 11.5 Å². The van der Waals surface area contributed by atoms with E-state index < -0.39 is 11.8 Å². The first kappa shape index (κ1) is 16.8. The fourth-order valence-corrected chi connectivity index (χ4v) is 3.17. The van der Waals surface area contributed by atoms with Crippen molar-refractivity contribution in [1.82, 2.24) is 10.7 Å². The molecule has 0 unspecified atom stereocenters. The Hall–Kier alpha value is -2.09. The van der Waals surface area contributed by atoms with Gasteiger partial charge in [-0.15, -0.1) is 0 Å². The normalized spacial score (nSPS) is 17.0. The summed E-state index contributed by atoms with van der Waals surface area (Å²) in [5.41, 5.74) is 2.94. The molecule has 0 saturated heterocycles. The number of nitrogens with one attached hydrogen (secondary N) is 2. The topological polar surface area (TPSA) is 89.0 Å². The molecule has 0 aromatic heterocycles. The molecular weight excluding hydrogens is 378 g/mol. The molecule has 1 aromatic rings. The Labute approximate surface area is 147 Å². The predicted molar refractivity (Wildman–Crippen MR) is 91.0 cm³/mol. The van der Waals surface area contributed by atoms with E-state index in [1.807, 2.05) is 0 Å². The van der Waals surface area contributed by atoms with Crippen LogP contribution in [0.15, 0.2) is 21.7 Å². The lowest BCUT2D eigenvalue weighted by atomic mass is 9.95. The zero-order valence-corrected chi connectivity index (χ0v) is 14.6. The predicted octanol–water partition coefficient (Wildman–Crippen LogP) is 2.08. The first-order valence-corrected chi connectivity index (χ1v) is 8.66. The monoisotopic (exact) mass is 395 g/mol. The summed E-state index contributed by atoms with van der Waals surface area (Å²) in [6.45, 7) is 0.181. The number of nitrogens with zero attached hydrogens (tertiary/aromatic N) is 1. The standard InChI is InChI=1S/C16H18BrN3O4/c17-12-7-14-13(23-9-24-14)6-10(12)8-18-20-16(22)15(21)19-11-4-2-1-3-5-11/h6-8,11H,1-5,9H2,(H,19,21)(H,20,22)/b18-8+. The molecule has 2 N–H and O–H groups in total. The first-order valence-electron chi connectivity index (χ1n) is 7.86. The minimum absolute atomic E-state index is 0.0870. The average Bonchev–Trinajstić information content (AvgIpc) is 3.02. The van der Waals surface area contributed by atoms with Crippen LogP contribution in [0, 0.1) is 0 Å². The number of halogens is 1. The van der Waals surface area contributed by atoms with E-state index in [0.717, 1.165) is 30.2 Å². The lowest BCUT2D eigenvalue weighted by Crippen LogP contribution is -2.44. The van der Waals surface area contributed by atoms with Gasteiger partial charge in [0.15, 0.2) is 11.5 Å². The summed E-state index contributed by atoms with van der Waals surface area (Å²) in [5.74, 6) is -0.159. The first-order chi connectivity index (χ1) is 11.6. The number of benzene rings is 1. The average molecular weight is 396 g/mol. The van der Waals surface area contributed by atoms with Crippen molar-refractivity contribution >= 4 is 34.0 Å². The summed E-state index contributed by atoms with van der Waals surface area (Å²) in [6, 6.07) is 3.59. The van der Waals surface area contributed by atoms with Gasteiger partial charge in [0.2, 0.25) is 6.79 Å². The zero-order chi connectivity index (χ0) is 16.9. The van der Waals surface area contributed by atoms with Crippen LogP contribution in [0.1, 0.15) is 37.7 Å². The van der Waals surface area contributed by atoms with Crippen molar-refractivity contribution in [3.63, 3.8) is 0 Å². The fourth-order valence-electron chi connectivity index (χ4n) is 2.74. The van der Waals surface area contributed by atoms with Crippen LogP contribution >= 0.6 is 15.9 Å². The van der Waals surface area contributed by atoms with Crippen LogP contribution in [0.3, 0.4) is 0 Å². The van der Waals surface area contributed by atoms with Gasteiger partial charge in [-0.05, 0) is 40.9 Å². The summed E-state index contributed by atoms with van der Waals surface area (Å²) in [7, 11) is 0. The minimum Gasteiger partial charge on any atom is -0.454 e. The van der Waals surface area contributed by atoms with Gasteiger partial charge < -0.3 is 14.8 Å². The second-order valence-electron chi connectivity index (χ2n) is 5.73. The van der Waals surface area contributed by atoms with E-state index in [2.05, 4.69) is 31.8 Å². The van der Waals surface area contributed by atoms with Crippen LogP contribution in [-0.2, 0) is 9.59 Å². The molecule has 0 atom stereocenters. The highest BCUT2D eigenvalue weighted by Crippen LogP contribution is 2.36. The molecule has 1 aromatic carbocycles. The van der Waals surface area contributed by atoms with Gasteiger partial charge >= 0.3 is 11.8 Å². The second-order valence-corrected chi connectivity index (χ2v) is 6.59. The SMILES string of the molecule is O=C(N/N=C/c1cc2c(cc1Br)OCO2)C(=O)NC1CCCCC1. The maximum atomic E-state index is 11.8. The third-order valence-electron chi connectivity index (χ3n) is 4.01. The van der Waals surface area contributed by atoms with Gasteiger partial charge in [0.1, 0.15) is 0 Å². The summed E-state index contributed by atoms with van der Waals surface area (Å²) in [5, 5.41) is 6.57. The van der Waals surface area contributed by atoms with Crippen molar-refractivity contribution < 1.29 is 19.1 Å². The quantitative estimate of drug-likeness (QED) is 0.465. The molecule has 2 aliphatic rings. The molecule has 3 rings (SSSR count). The Morgan fingerprint density at radius 3 is 2.58 bits per heavy atom. The van der Waals surface area contributed by atoms with Gasteiger partial charge in [-0.3, -0.25) is 9.59 Å². The molecule has 1 heterocycles. The molecule has 2 amide bonds. The molecular formula is C16H18BrN3O4. The Bertz CT molecular complexity index is 672. The summed E-state index contributed by atoms with van der Waals surface area (Å²) in [4.78, 5) is 23.6. The van der Waals surface area contributed by atoms with Crippen molar-refractivity contribution in [3.8, 4) is 11.5 Å². The third-order valence-corrected chi connectivity index (χ3v) is 4.70. The molecule has 0 bridgehead atoms. The molecule has 128 valence electrons. The van der Waals surface area contributed by atoms with Crippen LogP contribution < -0.4 is 20.2 Å².